The molecule has 0 saturated heterocycles. The Kier molecular flexibility index (Phi) is 5.39. The fourth-order valence-electron chi connectivity index (χ4n) is 3.20. The molecule has 0 fully saturated rings. The lowest BCUT2D eigenvalue weighted by atomic mass is 10.1. The summed E-state index contributed by atoms with van der Waals surface area (Å²) >= 11 is 0. The van der Waals surface area contributed by atoms with Crippen LogP contribution in [0, 0.1) is 0 Å². The molecule has 0 saturated carbocycles. The minimum Gasteiger partial charge on any atom is -0.355 e. The largest absolute Gasteiger partial charge is 0.355 e. The van der Waals surface area contributed by atoms with Gasteiger partial charge in [0.1, 0.15) is 0 Å². The van der Waals surface area contributed by atoms with E-state index in [-0.39, 0.29) is 11.8 Å². The summed E-state index contributed by atoms with van der Waals surface area (Å²) in [6.45, 7) is 0. The standard InChI is InChI=1S/C24H20N4O2/c1-25-23(29)18-9-5-11-20(15-18)27-24(30)19-10-6-12-21(16-19)28-22(13-14-26-28)17-7-3-2-4-8-17/h2-16H,1H3,(H,25,29)(H,27,30). The molecule has 0 unspecified atom stereocenters. The lowest BCUT2D eigenvalue weighted by Gasteiger charge is -2.10. The van der Waals surface area contributed by atoms with Crippen LogP contribution in [0.2, 0.25) is 0 Å². The van der Waals surface area contributed by atoms with Gasteiger partial charge in [-0.05, 0) is 42.5 Å². The fraction of sp³-hybridized carbons (Fsp3) is 0.0417. The van der Waals surface area contributed by atoms with Gasteiger partial charge in [0, 0.05) is 29.4 Å². The molecule has 4 aromatic rings. The molecule has 1 heterocycles. The first-order chi connectivity index (χ1) is 14.7. The lowest BCUT2D eigenvalue weighted by molar-refractivity contribution is 0.0961. The minimum atomic E-state index is -0.265. The van der Waals surface area contributed by atoms with Gasteiger partial charge in [0.25, 0.3) is 11.8 Å². The molecule has 0 aliphatic carbocycles. The van der Waals surface area contributed by atoms with Gasteiger partial charge in [-0.25, -0.2) is 4.68 Å². The van der Waals surface area contributed by atoms with Crippen LogP contribution in [0.3, 0.4) is 0 Å². The van der Waals surface area contributed by atoms with E-state index in [1.165, 1.54) is 0 Å². The van der Waals surface area contributed by atoms with Gasteiger partial charge >= 0.3 is 0 Å². The molecule has 6 nitrogen and oxygen atoms in total. The highest BCUT2D eigenvalue weighted by molar-refractivity contribution is 6.05. The Hall–Kier alpha value is -4.19. The van der Waals surface area contributed by atoms with Gasteiger partial charge in [0.2, 0.25) is 0 Å². The van der Waals surface area contributed by atoms with Gasteiger partial charge in [-0.15, -0.1) is 0 Å². The van der Waals surface area contributed by atoms with E-state index in [2.05, 4.69) is 15.7 Å². The van der Waals surface area contributed by atoms with Crippen LogP contribution in [0.1, 0.15) is 20.7 Å². The first-order valence-corrected chi connectivity index (χ1v) is 9.49. The van der Waals surface area contributed by atoms with Crippen molar-refractivity contribution in [2.24, 2.45) is 0 Å². The summed E-state index contributed by atoms with van der Waals surface area (Å²) < 4.78 is 1.80. The smallest absolute Gasteiger partial charge is 0.255 e. The van der Waals surface area contributed by atoms with E-state index in [0.717, 1.165) is 16.9 Å². The summed E-state index contributed by atoms with van der Waals surface area (Å²) in [6, 6.07) is 26.0. The van der Waals surface area contributed by atoms with Crippen molar-refractivity contribution in [2.75, 3.05) is 12.4 Å². The number of nitrogens with one attached hydrogen (secondary N) is 2. The number of benzene rings is 3. The van der Waals surface area contributed by atoms with Gasteiger partial charge in [0.15, 0.2) is 0 Å². The molecule has 6 heteroatoms. The van der Waals surface area contributed by atoms with E-state index in [0.29, 0.717) is 16.8 Å². The lowest BCUT2D eigenvalue weighted by Crippen LogP contribution is -2.18. The van der Waals surface area contributed by atoms with Crippen molar-refractivity contribution in [3.8, 4) is 16.9 Å². The highest BCUT2D eigenvalue weighted by atomic mass is 16.2. The first-order valence-electron chi connectivity index (χ1n) is 9.49. The Morgan fingerprint density at radius 1 is 0.800 bits per heavy atom. The normalized spacial score (nSPS) is 10.4. The third-order valence-electron chi connectivity index (χ3n) is 4.67. The fourth-order valence-corrected chi connectivity index (χ4v) is 3.20. The van der Waals surface area contributed by atoms with E-state index < -0.39 is 0 Å². The molecule has 0 aliphatic heterocycles. The Morgan fingerprint density at radius 2 is 1.53 bits per heavy atom. The topological polar surface area (TPSA) is 76.0 Å². The third kappa shape index (κ3) is 3.98. The van der Waals surface area contributed by atoms with E-state index in [1.807, 2.05) is 48.5 Å². The van der Waals surface area contributed by atoms with Crippen molar-refractivity contribution >= 4 is 17.5 Å². The molecule has 148 valence electrons. The molecule has 1 aromatic heterocycles. The molecule has 0 radical (unpaired) electrons. The molecular formula is C24H20N4O2. The van der Waals surface area contributed by atoms with Crippen molar-refractivity contribution in [3.63, 3.8) is 0 Å². The molecule has 0 bridgehead atoms. The number of hydrogen-bond acceptors (Lipinski definition) is 3. The van der Waals surface area contributed by atoms with Crippen molar-refractivity contribution < 1.29 is 9.59 Å². The number of nitrogens with zero attached hydrogens (tertiary/aromatic N) is 2. The van der Waals surface area contributed by atoms with E-state index in [1.54, 1.807) is 54.3 Å². The van der Waals surface area contributed by atoms with Gasteiger partial charge in [-0.3, -0.25) is 9.59 Å². The summed E-state index contributed by atoms with van der Waals surface area (Å²) in [6.07, 6.45) is 1.74. The van der Waals surface area contributed by atoms with Crippen LogP contribution < -0.4 is 10.6 Å². The Labute approximate surface area is 174 Å². The molecule has 0 spiro atoms. The number of hydrogen-bond donors (Lipinski definition) is 2. The van der Waals surface area contributed by atoms with Gasteiger partial charge in [-0.1, -0.05) is 42.5 Å². The Bertz CT molecular complexity index is 1200. The Balaban J connectivity index is 1.60. The van der Waals surface area contributed by atoms with Crippen LogP contribution in [0.25, 0.3) is 16.9 Å². The molecule has 2 N–H and O–H groups in total. The van der Waals surface area contributed by atoms with Crippen molar-refractivity contribution in [1.82, 2.24) is 15.1 Å². The van der Waals surface area contributed by atoms with E-state index in [9.17, 15) is 9.59 Å². The summed E-state index contributed by atoms with van der Waals surface area (Å²) in [5.74, 6) is -0.473. The average Bonchev–Trinajstić information content (AvgIpc) is 3.29. The highest BCUT2D eigenvalue weighted by Crippen LogP contribution is 2.23. The second-order valence-electron chi connectivity index (χ2n) is 6.66. The van der Waals surface area contributed by atoms with Crippen LogP contribution in [0.15, 0.2) is 91.1 Å². The van der Waals surface area contributed by atoms with Crippen molar-refractivity contribution in [1.29, 1.82) is 0 Å². The predicted molar refractivity (Wildman–Crippen MR) is 117 cm³/mol. The number of amides is 2. The molecule has 4 rings (SSSR count). The number of rotatable bonds is 5. The second-order valence-corrected chi connectivity index (χ2v) is 6.66. The summed E-state index contributed by atoms with van der Waals surface area (Å²) in [5.41, 5.74) is 4.28. The number of carbonyl (C=O) groups is 2. The van der Waals surface area contributed by atoms with E-state index in [4.69, 9.17) is 0 Å². The zero-order valence-electron chi connectivity index (χ0n) is 16.4. The maximum Gasteiger partial charge on any atom is 0.255 e. The van der Waals surface area contributed by atoms with Crippen LogP contribution >= 0.6 is 0 Å². The molecule has 3 aromatic carbocycles. The predicted octanol–water partition coefficient (Wildman–Crippen LogP) is 4.15. The maximum atomic E-state index is 12.8. The quantitative estimate of drug-likeness (QED) is 0.532. The summed E-state index contributed by atoms with van der Waals surface area (Å²) in [7, 11) is 1.57. The van der Waals surface area contributed by atoms with Gasteiger partial charge < -0.3 is 10.6 Å². The van der Waals surface area contributed by atoms with Crippen LogP contribution in [0.5, 0.6) is 0 Å². The third-order valence-corrected chi connectivity index (χ3v) is 4.67. The zero-order valence-corrected chi connectivity index (χ0v) is 16.4. The number of aromatic nitrogens is 2. The maximum absolute atomic E-state index is 12.8. The molecular weight excluding hydrogens is 376 g/mol. The zero-order chi connectivity index (χ0) is 20.9. The second kappa shape index (κ2) is 8.45. The Morgan fingerprint density at radius 3 is 2.30 bits per heavy atom. The summed E-state index contributed by atoms with van der Waals surface area (Å²) in [5, 5.41) is 9.85. The van der Waals surface area contributed by atoms with Crippen LogP contribution in [-0.2, 0) is 0 Å². The minimum absolute atomic E-state index is 0.208. The van der Waals surface area contributed by atoms with Crippen LogP contribution in [0.4, 0.5) is 5.69 Å². The molecule has 0 aliphatic rings. The molecule has 30 heavy (non-hydrogen) atoms. The van der Waals surface area contributed by atoms with E-state index >= 15 is 0 Å². The summed E-state index contributed by atoms with van der Waals surface area (Å²) in [4.78, 5) is 24.6. The number of carbonyl (C=O) groups excluding carboxylic acids is 2. The average molecular weight is 396 g/mol. The molecule has 2 amide bonds. The van der Waals surface area contributed by atoms with Crippen molar-refractivity contribution in [2.45, 2.75) is 0 Å². The van der Waals surface area contributed by atoms with Gasteiger partial charge in [0.05, 0.1) is 17.6 Å². The monoisotopic (exact) mass is 396 g/mol. The molecule has 0 atom stereocenters. The van der Waals surface area contributed by atoms with Crippen LogP contribution in [-0.4, -0.2) is 28.6 Å². The SMILES string of the molecule is CNC(=O)c1cccc(NC(=O)c2cccc(-n3nccc3-c3ccccc3)c2)c1. The van der Waals surface area contributed by atoms with Gasteiger partial charge in [-0.2, -0.15) is 5.10 Å². The first kappa shape index (κ1) is 19.1. The van der Waals surface area contributed by atoms with Crippen molar-refractivity contribution in [3.05, 3.63) is 102 Å². The number of anilines is 1. The highest BCUT2D eigenvalue weighted by Gasteiger charge is 2.12.